The molecule has 8 aromatic carbocycles. The lowest BCUT2D eigenvalue weighted by molar-refractivity contribution is 0.269. The van der Waals surface area contributed by atoms with Crippen LogP contribution in [0.15, 0.2) is 245 Å². The number of nitrogens with zero attached hydrogens (tertiary/aromatic N) is 4. The molecule has 0 radical (unpaired) electrons. The molecule has 4 unspecified atom stereocenters. The van der Waals surface area contributed by atoms with Gasteiger partial charge in [0.2, 0.25) is 40.1 Å². The van der Waals surface area contributed by atoms with Crippen molar-refractivity contribution in [2.45, 2.75) is 152 Å². The van der Waals surface area contributed by atoms with E-state index in [4.69, 9.17) is 37.9 Å². The summed E-state index contributed by atoms with van der Waals surface area (Å²) in [6.07, 6.45) is 9.85. The van der Waals surface area contributed by atoms with Gasteiger partial charge < -0.3 is 58.3 Å². The standard InChI is InChI=1S/4C24H33NO5S/c4*1-5-6-19(2)24(15-16-26)31(27,28)25(17-20-7-11-22(29-3)12-8-20)18-21-9-13-23(30-4)14-10-21/h4*5,7-14,19,24,26H,1,6,15-18H2,2-4H3/t4*19-,24?/m1100/s1. The van der Waals surface area contributed by atoms with Crippen LogP contribution >= 0.6 is 0 Å². The first-order chi connectivity index (χ1) is 59.4. The van der Waals surface area contributed by atoms with Gasteiger partial charge in [-0.15, -0.1) is 26.3 Å². The fourth-order valence-electron chi connectivity index (χ4n) is 14.3. The van der Waals surface area contributed by atoms with Crippen molar-refractivity contribution in [1.82, 2.24) is 17.2 Å². The summed E-state index contributed by atoms with van der Waals surface area (Å²) >= 11 is 0. The van der Waals surface area contributed by atoms with E-state index in [0.29, 0.717) is 71.7 Å². The van der Waals surface area contributed by atoms with Crippen molar-refractivity contribution >= 4 is 40.1 Å². The van der Waals surface area contributed by atoms with Crippen LogP contribution in [0.25, 0.3) is 0 Å². The van der Waals surface area contributed by atoms with Gasteiger partial charge in [0.25, 0.3) is 0 Å². The Morgan fingerprint density at radius 1 is 0.242 bits per heavy atom. The molecule has 0 aliphatic carbocycles. The fourth-order valence-corrected chi connectivity index (χ4v) is 22.8. The topological polar surface area (TPSA) is 304 Å². The van der Waals surface area contributed by atoms with Crippen LogP contribution in [0.3, 0.4) is 0 Å². The highest BCUT2D eigenvalue weighted by atomic mass is 32.2. The number of rotatable bonds is 52. The lowest BCUT2D eigenvalue weighted by Gasteiger charge is -2.30. The van der Waals surface area contributed by atoms with Crippen LogP contribution in [0.5, 0.6) is 46.0 Å². The van der Waals surface area contributed by atoms with Gasteiger partial charge in [0.1, 0.15) is 46.0 Å². The molecule has 0 aliphatic heterocycles. The SMILES string of the molecule is C=CC[C@@H](C)C(CCO)S(=O)(=O)N(Cc1ccc(OC)cc1)Cc1ccc(OC)cc1.C=CC[C@@H](C)C(CCO)S(=O)(=O)N(Cc1ccc(OC)cc1)Cc1ccc(OC)cc1.C=CC[C@H](C)C(CCO)S(=O)(=O)N(Cc1ccc(OC)cc1)Cc1ccc(OC)cc1.C=CC[C@H](C)C(CCO)S(=O)(=O)N(Cc1ccc(OC)cc1)Cc1ccc(OC)cc1. The predicted molar refractivity (Wildman–Crippen MR) is 494 cm³/mol. The Labute approximate surface area is 739 Å². The summed E-state index contributed by atoms with van der Waals surface area (Å²) in [4.78, 5) is 0. The van der Waals surface area contributed by atoms with Gasteiger partial charge in [-0.3, -0.25) is 0 Å². The van der Waals surface area contributed by atoms with E-state index < -0.39 is 61.1 Å². The van der Waals surface area contributed by atoms with Gasteiger partial charge >= 0.3 is 0 Å². The zero-order valence-corrected chi connectivity index (χ0v) is 77.4. The monoisotopic (exact) mass is 1790 g/mol. The van der Waals surface area contributed by atoms with Crippen molar-refractivity contribution in [2.75, 3.05) is 83.3 Å². The Hall–Kier alpha value is -9.40. The number of ether oxygens (including phenoxy) is 8. The Kier molecular flexibility index (Phi) is 46.2. The van der Waals surface area contributed by atoms with E-state index in [0.717, 1.165) is 44.5 Å². The second kappa shape index (κ2) is 54.5. The van der Waals surface area contributed by atoms with Gasteiger partial charge in [-0.25, -0.2) is 33.7 Å². The number of sulfonamides is 4. The van der Waals surface area contributed by atoms with Gasteiger partial charge in [0.05, 0.1) is 77.9 Å². The normalized spacial score (nSPS) is 13.6. The van der Waals surface area contributed by atoms with E-state index in [2.05, 4.69) is 26.3 Å². The molecule has 24 nitrogen and oxygen atoms in total. The molecule has 0 heterocycles. The molecule has 8 aromatic rings. The molecular weight excluding hydrogens is 1660 g/mol. The van der Waals surface area contributed by atoms with Gasteiger partial charge in [-0.1, -0.05) is 149 Å². The van der Waals surface area contributed by atoms with Gasteiger partial charge in [-0.05, 0) is 217 Å². The van der Waals surface area contributed by atoms with E-state index in [9.17, 15) is 54.1 Å². The number of hydrogen-bond donors (Lipinski definition) is 4. The number of hydrogen-bond acceptors (Lipinski definition) is 20. The maximum absolute atomic E-state index is 13.7. The largest absolute Gasteiger partial charge is 0.497 e. The highest BCUT2D eigenvalue weighted by molar-refractivity contribution is 7.90. The molecule has 4 N–H and O–H groups in total. The first-order valence-electron chi connectivity index (χ1n) is 41.3. The Bertz CT molecular complexity index is 4060. The smallest absolute Gasteiger partial charge is 0.217 e. The predicted octanol–water partition coefficient (Wildman–Crippen LogP) is 16.0. The molecule has 0 saturated carbocycles. The molecule has 28 heteroatoms. The van der Waals surface area contributed by atoms with E-state index >= 15 is 0 Å². The molecule has 680 valence electrons. The second-order valence-electron chi connectivity index (χ2n) is 30.2. The van der Waals surface area contributed by atoms with Crippen molar-refractivity contribution in [3.05, 3.63) is 289 Å². The zero-order valence-electron chi connectivity index (χ0n) is 74.1. The van der Waals surface area contributed by atoms with Crippen LogP contribution in [0.1, 0.15) is 124 Å². The third-order valence-corrected chi connectivity index (χ3v) is 31.2. The number of aliphatic hydroxyl groups is 4. The van der Waals surface area contributed by atoms with E-state index in [1.165, 1.54) is 17.2 Å². The Morgan fingerprint density at radius 3 is 0.444 bits per heavy atom. The van der Waals surface area contributed by atoms with Crippen molar-refractivity contribution in [3.8, 4) is 46.0 Å². The maximum Gasteiger partial charge on any atom is 0.217 e. The molecule has 8 atom stereocenters. The molecule has 124 heavy (non-hydrogen) atoms. The molecular formula is C96H132N4O20S4. The molecule has 0 spiro atoms. The number of benzene rings is 8. The lowest BCUT2D eigenvalue weighted by Crippen LogP contribution is -2.41. The third kappa shape index (κ3) is 32.9. The highest BCUT2D eigenvalue weighted by Crippen LogP contribution is 2.34. The average molecular weight is 1790 g/mol. The van der Waals surface area contributed by atoms with E-state index in [-0.39, 0.29) is 128 Å². The van der Waals surface area contributed by atoms with E-state index in [1.54, 1.807) is 81.2 Å². The quantitative estimate of drug-likeness (QED) is 0.0257. The summed E-state index contributed by atoms with van der Waals surface area (Å²) in [6, 6.07) is 58.9. The number of allylic oxidation sites excluding steroid dienone is 4. The third-order valence-electron chi connectivity index (χ3n) is 21.5. The number of aliphatic hydroxyl groups excluding tert-OH is 4. The van der Waals surface area contributed by atoms with Gasteiger partial charge in [-0.2, -0.15) is 17.2 Å². The summed E-state index contributed by atoms with van der Waals surface area (Å²) in [5.74, 6) is 5.06. The summed E-state index contributed by atoms with van der Waals surface area (Å²) in [5, 5.41) is 35.4. The Morgan fingerprint density at radius 2 is 0.355 bits per heavy atom. The summed E-state index contributed by atoms with van der Waals surface area (Å²) in [7, 11) is -2.10. The van der Waals surface area contributed by atoms with Crippen molar-refractivity contribution in [1.29, 1.82) is 0 Å². The Balaban J connectivity index is 0.000000294. The highest BCUT2D eigenvalue weighted by Gasteiger charge is 2.40. The summed E-state index contributed by atoms with van der Waals surface area (Å²) < 4.78 is 157. The first-order valence-corrected chi connectivity index (χ1v) is 47.3. The molecule has 0 bridgehead atoms. The minimum atomic E-state index is -3.71. The fraction of sp³-hybridized carbons (Fsp3) is 0.417. The van der Waals surface area contributed by atoms with Crippen LogP contribution in [-0.2, 0) is 92.5 Å². The average Bonchev–Trinajstić information content (AvgIpc) is 0.813. The summed E-state index contributed by atoms with van der Waals surface area (Å²) in [5.41, 5.74) is 6.87. The first kappa shape index (κ1) is 105. The van der Waals surface area contributed by atoms with Crippen LogP contribution < -0.4 is 37.9 Å². The van der Waals surface area contributed by atoms with Crippen molar-refractivity contribution < 1.29 is 92.0 Å². The minimum absolute atomic E-state index is 0.163. The molecule has 0 aromatic heterocycles. The lowest BCUT2D eigenvalue weighted by atomic mass is 10.0. The number of methoxy groups -OCH3 is 8. The molecule has 8 rings (SSSR count). The molecule has 0 aliphatic rings. The second-order valence-corrected chi connectivity index (χ2v) is 38.9. The van der Waals surface area contributed by atoms with Gasteiger partial charge in [0.15, 0.2) is 0 Å². The van der Waals surface area contributed by atoms with Crippen LogP contribution in [0, 0.1) is 23.7 Å². The van der Waals surface area contributed by atoms with Crippen LogP contribution in [0.4, 0.5) is 0 Å². The molecule has 0 fully saturated rings. The van der Waals surface area contributed by atoms with Crippen molar-refractivity contribution in [2.24, 2.45) is 23.7 Å². The minimum Gasteiger partial charge on any atom is -0.497 e. The van der Waals surface area contributed by atoms with Gasteiger partial charge in [0, 0.05) is 78.8 Å². The zero-order chi connectivity index (χ0) is 91.4. The maximum atomic E-state index is 13.7. The van der Waals surface area contributed by atoms with Crippen LogP contribution in [-0.4, -0.2) is 176 Å². The van der Waals surface area contributed by atoms with Crippen LogP contribution in [0.2, 0.25) is 0 Å². The van der Waals surface area contributed by atoms with E-state index in [1.807, 2.05) is 222 Å². The summed E-state index contributed by atoms with van der Waals surface area (Å²) in [6.45, 7) is 23.5. The molecule has 0 saturated heterocycles. The van der Waals surface area contributed by atoms with Crippen molar-refractivity contribution in [3.63, 3.8) is 0 Å². The molecule has 0 amide bonds.